The third kappa shape index (κ3) is 4.26. The lowest BCUT2D eigenvalue weighted by atomic mass is 10.2. The van der Waals surface area contributed by atoms with Gasteiger partial charge in [-0.1, -0.05) is 0 Å². The first kappa shape index (κ1) is 19.2. The molecule has 0 aliphatic carbocycles. The maximum absolute atomic E-state index is 13.5. The number of pyridine rings is 1. The molecule has 1 saturated heterocycles. The molecular formula is C12H14ClF2N3O4S2. The summed E-state index contributed by atoms with van der Waals surface area (Å²) >= 11 is 6.82. The zero-order chi connectivity index (χ0) is 18.1. The maximum Gasteiger partial charge on any atom is 0.286 e. The molecule has 3 N–H and O–H groups in total. The van der Waals surface area contributed by atoms with E-state index < -0.39 is 49.2 Å². The lowest BCUT2D eigenvalue weighted by Crippen LogP contribution is -2.33. The number of hydrogen-bond donors (Lipinski definition) is 2. The molecule has 0 aromatic carbocycles. The Morgan fingerprint density at radius 1 is 1.54 bits per heavy atom. The monoisotopic (exact) mass is 401 g/mol. The number of anilines is 1. The molecule has 0 saturated carbocycles. The fourth-order valence-electron chi connectivity index (χ4n) is 2.22. The summed E-state index contributed by atoms with van der Waals surface area (Å²) in [5, 5.41) is 5.55. The van der Waals surface area contributed by atoms with Crippen LogP contribution in [0.2, 0.25) is 0 Å². The van der Waals surface area contributed by atoms with Gasteiger partial charge in [0.1, 0.15) is 11.9 Å². The summed E-state index contributed by atoms with van der Waals surface area (Å²) < 4.78 is 48.6. The van der Waals surface area contributed by atoms with Gasteiger partial charge in [0.15, 0.2) is 5.82 Å². The van der Waals surface area contributed by atoms with Gasteiger partial charge in [0.25, 0.3) is 5.56 Å². The Labute approximate surface area is 145 Å². The molecule has 1 aliphatic heterocycles. The quantitative estimate of drug-likeness (QED) is 0.703. The standard InChI is InChI=1S/C12H14ClF2N3O4S2/c13-10-9(24(16,21)22)4-8(23-10)11(19)17-6-3-7(15)12(20)18(5-6)2-1-14/h3,5,8-10H,1-2,4H2,(H,17,19)(H2,16,21,22). The Kier molecular flexibility index (Phi) is 5.89. The molecule has 0 radical (unpaired) electrons. The van der Waals surface area contributed by atoms with Crippen LogP contribution in [0.5, 0.6) is 0 Å². The molecule has 2 rings (SSSR count). The first-order valence-electron chi connectivity index (χ1n) is 6.71. The van der Waals surface area contributed by atoms with Crippen LogP contribution in [0.3, 0.4) is 0 Å². The number of nitrogens with two attached hydrogens (primary N) is 1. The van der Waals surface area contributed by atoms with Gasteiger partial charge in [-0.15, -0.1) is 23.4 Å². The van der Waals surface area contributed by atoms with Gasteiger partial charge in [0.05, 0.1) is 22.2 Å². The second kappa shape index (κ2) is 7.38. The molecule has 1 aromatic heterocycles. The lowest BCUT2D eigenvalue weighted by molar-refractivity contribution is -0.115. The summed E-state index contributed by atoms with van der Waals surface area (Å²) in [6, 6.07) is 0.809. The fourth-order valence-corrected chi connectivity index (χ4v) is 5.76. The largest absolute Gasteiger partial charge is 0.324 e. The summed E-state index contributed by atoms with van der Waals surface area (Å²) in [7, 11) is -3.90. The molecule has 1 aliphatic rings. The summed E-state index contributed by atoms with van der Waals surface area (Å²) in [6.07, 6.45) is 1.02. The number of rotatable bonds is 5. The topological polar surface area (TPSA) is 111 Å². The van der Waals surface area contributed by atoms with Crippen molar-refractivity contribution in [1.29, 1.82) is 0 Å². The van der Waals surface area contributed by atoms with Gasteiger partial charge < -0.3 is 9.88 Å². The number of nitrogens with one attached hydrogen (secondary N) is 1. The fraction of sp³-hybridized carbons (Fsp3) is 0.500. The van der Waals surface area contributed by atoms with Gasteiger partial charge in [-0.05, 0) is 6.42 Å². The van der Waals surface area contributed by atoms with Crippen molar-refractivity contribution in [2.45, 2.75) is 28.2 Å². The number of amides is 1. The molecular weight excluding hydrogens is 388 g/mol. The van der Waals surface area contributed by atoms with Gasteiger partial charge >= 0.3 is 0 Å². The smallest absolute Gasteiger partial charge is 0.286 e. The number of primary sulfonamides is 1. The Morgan fingerprint density at radius 3 is 2.75 bits per heavy atom. The van der Waals surface area contributed by atoms with Crippen LogP contribution in [0.4, 0.5) is 14.5 Å². The summed E-state index contributed by atoms with van der Waals surface area (Å²) in [4.78, 5) is 23.6. The van der Waals surface area contributed by atoms with Crippen LogP contribution in [0.15, 0.2) is 17.1 Å². The number of halogens is 3. The minimum atomic E-state index is -3.90. The second-order valence-electron chi connectivity index (χ2n) is 5.09. The van der Waals surface area contributed by atoms with Crippen molar-refractivity contribution in [2.24, 2.45) is 5.14 Å². The minimum Gasteiger partial charge on any atom is -0.324 e. The highest BCUT2D eigenvalue weighted by atomic mass is 35.5. The van der Waals surface area contributed by atoms with E-state index >= 15 is 0 Å². The summed E-state index contributed by atoms with van der Waals surface area (Å²) in [6.45, 7) is -1.23. The Bertz CT molecular complexity index is 802. The average Bonchev–Trinajstić information content (AvgIpc) is 2.86. The van der Waals surface area contributed by atoms with E-state index in [9.17, 15) is 26.8 Å². The van der Waals surface area contributed by atoms with Crippen LogP contribution in [0.25, 0.3) is 0 Å². The van der Waals surface area contributed by atoms with Gasteiger partial charge in [-0.3, -0.25) is 9.59 Å². The van der Waals surface area contributed by atoms with E-state index in [1.54, 1.807) is 0 Å². The third-order valence-electron chi connectivity index (χ3n) is 3.38. The molecule has 2 heterocycles. The van der Waals surface area contributed by atoms with Crippen LogP contribution in [0, 0.1) is 5.82 Å². The van der Waals surface area contributed by atoms with E-state index in [0.29, 0.717) is 0 Å². The van der Waals surface area contributed by atoms with Gasteiger partial charge in [0, 0.05) is 12.3 Å². The number of sulfonamides is 1. The van der Waals surface area contributed by atoms with E-state index in [4.69, 9.17) is 16.7 Å². The first-order chi connectivity index (χ1) is 11.1. The molecule has 12 heteroatoms. The van der Waals surface area contributed by atoms with E-state index in [1.807, 2.05) is 0 Å². The van der Waals surface area contributed by atoms with Crippen LogP contribution in [-0.2, 0) is 21.4 Å². The molecule has 0 spiro atoms. The minimum absolute atomic E-state index is 0.0451. The number of alkyl halides is 2. The second-order valence-corrected chi connectivity index (χ2v) is 8.95. The highest BCUT2D eigenvalue weighted by Gasteiger charge is 2.43. The van der Waals surface area contributed by atoms with E-state index in [1.165, 1.54) is 0 Å². The predicted octanol–water partition coefficient (Wildman–Crippen LogP) is 0.623. The van der Waals surface area contributed by atoms with E-state index in [-0.39, 0.29) is 18.7 Å². The molecule has 3 unspecified atom stereocenters. The zero-order valence-electron chi connectivity index (χ0n) is 12.1. The third-order valence-corrected chi connectivity index (χ3v) is 6.95. The normalized spacial score (nSPS) is 24.1. The Balaban J connectivity index is 2.15. The average molecular weight is 402 g/mol. The van der Waals surface area contributed by atoms with Crippen LogP contribution >= 0.6 is 23.4 Å². The van der Waals surface area contributed by atoms with Crippen LogP contribution in [0.1, 0.15) is 6.42 Å². The van der Waals surface area contributed by atoms with Crippen molar-refractivity contribution in [3.05, 3.63) is 28.4 Å². The number of thioether (sulfide) groups is 1. The van der Waals surface area contributed by atoms with Crippen molar-refractivity contribution >= 4 is 45.0 Å². The number of carbonyl (C=O) groups is 1. The van der Waals surface area contributed by atoms with Crippen LogP contribution in [-0.4, -0.2) is 40.8 Å². The molecule has 1 fully saturated rings. The van der Waals surface area contributed by atoms with Gasteiger partial charge in [-0.25, -0.2) is 22.3 Å². The van der Waals surface area contributed by atoms with Crippen LogP contribution < -0.4 is 16.0 Å². The molecule has 1 aromatic rings. The Hall–Kier alpha value is -1.17. The predicted molar refractivity (Wildman–Crippen MR) is 87.8 cm³/mol. The zero-order valence-corrected chi connectivity index (χ0v) is 14.5. The highest BCUT2D eigenvalue weighted by Crippen LogP contribution is 2.39. The van der Waals surface area contributed by atoms with E-state index in [0.717, 1.165) is 28.6 Å². The first-order valence-corrected chi connectivity index (χ1v) is 9.70. The maximum atomic E-state index is 13.5. The molecule has 3 atom stereocenters. The number of carbonyl (C=O) groups excluding carboxylic acids is 1. The number of nitrogens with zero attached hydrogens (tertiary/aromatic N) is 1. The van der Waals surface area contributed by atoms with Gasteiger partial charge in [0.2, 0.25) is 15.9 Å². The lowest BCUT2D eigenvalue weighted by Gasteiger charge is -2.12. The van der Waals surface area contributed by atoms with Crippen molar-refractivity contribution in [3.8, 4) is 0 Å². The molecule has 134 valence electrons. The Morgan fingerprint density at radius 2 is 2.21 bits per heavy atom. The highest BCUT2D eigenvalue weighted by molar-refractivity contribution is 8.04. The number of hydrogen-bond acceptors (Lipinski definition) is 5. The van der Waals surface area contributed by atoms with Crippen molar-refractivity contribution in [3.63, 3.8) is 0 Å². The summed E-state index contributed by atoms with van der Waals surface area (Å²) in [5.74, 6) is -1.75. The molecule has 24 heavy (non-hydrogen) atoms. The van der Waals surface area contributed by atoms with Crippen molar-refractivity contribution in [1.82, 2.24) is 4.57 Å². The summed E-state index contributed by atoms with van der Waals surface area (Å²) in [5.41, 5.74) is -1.05. The SMILES string of the molecule is NS(=O)(=O)C1CC(C(=O)Nc2cc(F)c(=O)n(CCF)c2)SC1Cl. The van der Waals surface area contributed by atoms with E-state index in [2.05, 4.69) is 5.32 Å². The molecule has 7 nitrogen and oxygen atoms in total. The van der Waals surface area contributed by atoms with Crippen molar-refractivity contribution in [2.75, 3.05) is 12.0 Å². The number of aryl methyl sites for hydroxylation is 1. The molecule has 1 amide bonds. The molecule has 0 bridgehead atoms. The number of aromatic nitrogens is 1. The van der Waals surface area contributed by atoms with Crippen molar-refractivity contribution < 1.29 is 22.0 Å². The van der Waals surface area contributed by atoms with Gasteiger partial charge in [-0.2, -0.15) is 0 Å².